The summed E-state index contributed by atoms with van der Waals surface area (Å²) in [4.78, 5) is 39.2. The van der Waals surface area contributed by atoms with Crippen molar-refractivity contribution in [3.63, 3.8) is 0 Å². The lowest BCUT2D eigenvalue weighted by atomic mass is 9.69. The minimum Gasteiger partial charge on any atom is -0.494 e. The highest BCUT2D eigenvalue weighted by Crippen LogP contribution is 2.45. The SMILES string of the molecule is CCOc1ccc([C@H]2C(C(=O)OC(C)C)=C(C)NC3=C2C(=O)[C@@H](C(=O)OC)[C@H](C)C3)cc1. The molecule has 0 radical (unpaired) electrons. The molecule has 0 saturated heterocycles. The Labute approximate surface area is 188 Å². The Hall–Kier alpha value is -3.09. The molecule has 0 bridgehead atoms. The van der Waals surface area contributed by atoms with Crippen LogP contribution in [0.15, 0.2) is 46.8 Å². The fraction of sp³-hybridized carbons (Fsp3) is 0.480. The van der Waals surface area contributed by atoms with Crippen molar-refractivity contribution in [1.82, 2.24) is 5.32 Å². The highest BCUT2D eigenvalue weighted by atomic mass is 16.5. The standard InChI is InChI=1S/C25H31NO6/c1-7-31-17-10-8-16(9-11-17)21-20(25(29)32-13(2)3)15(5)26-18-12-14(4)19(24(28)30-6)23(27)22(18)21/h8-11,13-14,19,21,26H,7,12H2,1-6H3/t14-,19+,21+/m1/s1. The molecule has 0 fully saturated rings. The number of hydrogen-bond acceptors (Lipinski definition) is 7. The second-order valence-electron chi connectivity index (χ2n) is 8.49. The van der Waals surface area contributed by atoms with Crippen molar-refractivity contribution in [1.29, 1.82) is 0 Å². The van der Waals surface area contributed by atoms with E-state index in [2.05, 4.69) is 5.32 Å². The fourth-order valence-corrected chi connectivity index (χ4v) is 4.49. The van der Waals surface area contributed by atoms with Gasteiger partial charge in [0.15, 0.2) is 5.78 Å². The molecule has 3 rings (SSSR count). The molecule has 1 N–H and O–H groups in total. The summed E-state index contributed by atoms with van der Waals surface area (Å²) >= 11 is 0. The molecule has 1 heterocycles. The minimum absolute atomic E-state index is 0.223. The molecular formula is C25H31NO6. The van der Waals surface area contributed by atoms with E-state index < -0.39 is 23.8 Å². The van der Waals surface area contributed by atoms with Crippen LogP contribution in [0, 0.1) is 11.8 Å². The van der Waals surface area contributed by atoms with Crippen molar-refractivity contribution >= 4 is 17.7 Å². The predicted molar refractivity (Wildman–Crippen MR) is 119 cm³/mol. The molecule has 1 aliphatic carbocycles. The molecule has 0 unspecified atom stereocenters. The first-order chi connectivity index (χ1) is 15.2. The van der Waals surface area contributed by atoms with Crippen LogP contribution in [0.5, 0.6) is 5.75 Å². The normalized spacial score (nSPS) is 23.0. The predicted octanol–water partition coefficient (Wildman–Crippen LogP) is 3.65. The van der Waals surface area contributed by atoms with E-state index in [0.717, 1.165) is 11.3 Å². The molecule has 32 heavy (non-hydrogen) atoms. The maximum absolute atomic E-state index is 13.6. The molecule has 1 aromatic rings. The van der Waals surface area contributed by atoms with Crippen LogP contribution in [-0.2, 0) is 23.9 Å². The van der Waals surface area contributed by atoms with Gasteiger partial charge in [-0.2, -0.15) is 0 Å². The molecule has 7 nitrogen and oxygen atoms in total. The number of rotatable bonds is 6. The minimum atomic E-state index is -0.911. The Kier molecular flexibility index (Phi) is 7.06. The maximum Gasteiger partial charge on any atom is 0.337 e. The second-order valence-corrected chi connectivity index (χ2v) is 8.49. The molecule has 0 spiro atoms. The summed E-state index contributed by atoms with van der Waals surface area (Å²) in [5.41, 5.74) is 2.92. The van der Waals surface area contributed by atoms with Crippen LogP contribution in [0.1, 0.15) is 52.5 Å². The second kappa shape index (κ2) is 9.59. The summed E-state index contributed by atoms with van der Waals surface area (Å²) in [6.45, 7) is 9.66. The third-order valence-electron chi connectivity index (χ3n) is 5.83. The number of carbonyl (C=O) groups is 3. The van der Waals surface area contributed by atoms with E-state index in [9.17, 15) is 14.4 Å². The number of carbonyl (C=O) groups excluding carboxylic acids is 3. The van der Waals surface area contributed by atoms with Gasteiger partial charge in [-0.3, -0.25) is 9.59 Å². The van der Waals surface area contributed by atoms with E-state index in [1.165, 1.54) is 7.11 Å². The summed E-state index contributed by atoms with van der Waals surface area (Å²) in [7, 11) is 1.28. The van der Waals surface area contributed by atoms with E-state index in [4.69, 9.17) is 14.2 Å². The lowest BCUT2D eigenvalue weighted by Crippen LogP contribution is -2.43. The first kappa shape index (κ1) is 23.6. The lowest BCUT2D eigenvalue weighted by Gasteiger charge is -2.38. The largest absolute Gasteiger partial charge is 0.494 e. The Balaban J connectivity index is 2.15. The van der Waals surface area contributed by atoms with E-state index >= 15 is 0 Å². The zero-order valence-corrected chi connectivity index (χ0v) is 19.5. The Morgan fingerprint density at radius 2 is 1.84 bits per heavy atom. The van der Waals surface area contributed by atoms with Crippen molar-refractivity contribution in [2.24, 2.45) is 11.8 Å². The maximum atomic E-state index is 13.6. The lowest BCUT2D eigenvalue weighted by molar-refractivity contribution is -0.151. The molecule has 0 aromatic heterocycles. The highest BCUT2D eigenvalue weighted by Gasteiger charge is 2.47. The number of esters is 2. The van der Waals surface area contributed by atoms with Crippen molar-refractivity contribution in [3.05, 3.63) is 52.4 Å². The number of ketones is 1. The van der Waals surface area contributed by atoms with Gasteiger partial charge in [0.05, 0.1) is 25.4 Å². The third-order valence-corrected chi connectivity index (χ3v) is 5.83. The van der Waals surface area contributed by atoms with Crippen molar-refractivity contribution in [2.75, 3.05) is 13.7 Å². The first-order valence-electron chi connectivity index (χ1n) is 11.0. The van der Waals surface area contributed by atoms with Gasteiger partial charge < -0.3 is 19.5 Å². The average Bonchev–Trinajstić information content (AvgIpc) is 2.72. The molecule has 3 atom stereocenters. The number of allylic oxidation sites excluding steroid dienone is 3. The van der Waals surface area contributed by atoms with E-state index in [-0.39, 0.29) is 17.8 Å². The number of benzene rings is 1. The van der Waals surface area contributed by atoms with E-state index in [1.807, 2.05) is 45.0 Å². The Morgan fingerprint density at radius 3 is 2.41 bits per heavy atom. The molecule has 1 aliphatic heterocycles. The number of hydrogen-bond donors (Lipinski definition) is 1. The zero-order valence-electron chi connectivity index (χ0n) is 19.5. The van der Waals surface area contributed by atoms with Gasteiger partial charge in [0.25, 0.3) is 0 Å². The van der Waals surface area contributed by atoms with Gasteiger partial charge in [-0.15, -0.1) is 0 Å². The quantitative estimate of drug-likeness (QED) is 0.532. The van der Waals surface area contributed by atoms with Gasteiger partial charge in [-0.1, -0.05) is 19.1 Å². The van der Waals surface area contributed by atoms with Gasteiger partial charge in [-0.25, -0.2) is 4.79 Å². The third kappa shape index (κ3) is 4.42. The molecular weight excluding hydrogens is 410 g/mol. The Morgan fingerprint density at radius 1 is 1.19 bits per heavy atom. The zero-order chi connectivity index (χ0) is 23.6. The fourth-order valence-electron chi connectivity index (χ4n) is 4.49. The van der Waals surface area contributed by atoms with Crippen LogP contribution in [0.2, 0.25) is 0 Å². The molecule has 0 amide bonds. The van der Waals surface area contributed by atoms with Crippen LogP contribution < -0.4 is 10.1 Å². The van der Waals surface area contributed by atoms with Crippen LogP contribution in [0.25, 0.3) is 0 Å². The average molecular weight is 442 g/mol. The smallest absolute Gasteiger partial charge is 0.337 e. The first-order valence-corrected chi connectivity index (χ1v) is 11.0. The summed E-state index contributed by atoms with van der Waals surface area (Å²) in [5.74, 6) is -2.46. The summed E-state index contributed by atoms with van der Waals surface area (Å²) in [5, 5.41) is 3.25. The molecule has 0 saturated carbocycles. The van der Waals surface area contributed by atoms with Gasteiger partial charge in [0.1, 0.15) is 11.7 Å². The number of ether oxygens (including phenoxy) is 3. The topological polar surface area (TPSA) is 90.9 Å². The molecule has 1 aromatic carbocycles. The van der Waals surface area contributed by atoms with Crippen LogP contribution in [0.3, 0.4) is 0 Å². The van der Waals surface area contributed by atoms with Crippen molar-refractivity contribution in [3.8, 4) is 5.75 Å². The monoisotopic (exact) mass is 441 g/mol. The van der Waals surface area contributed by atoms with Crippen LogP contribution >= 0.6 is 0 Å². The molecule has 7 heteroatoms. The van der Waals surface area contributed by atoms with E-state index in [0.29, 0.717) is 35.6 Å². The van der Waals surface area contributed by atoms with Crippen LogP contribution in [-0.4, -0.2) is 37.5 Å². The summed E-state index contributed by atoms with van der Waals surface area (Å²) in [6.07, 6.45) is 0.183. The van der Waals surface area contributed by atoms with Crippen molar-refractivity contribution < 1.29 is 28.6 Å². The Bertz CT molecular complexity index is 973. The van der Waals surface area contributed by atoms with E-state index in [1.54, 1.807) is 13.8 Å². The number of Topliss-reactive ketones (excluding diaryl/α,β-unsaturated/α-hetero) is 1. The number of methoxy groups -OCH3 is 1. The van der Waals surface area contributed by atoms with Crippen molar-refractivity contribution in [2.45, 2.75) is 53.1 Å². The summed E-state index contributed by atoms with van der Waals surface area (Å²) in [6, 6.07) is 7.32. The number of nitrogens with one attached hydrogen (secondary N) is 1. The highest BCUT2D eigenvalue weighted by molar-refractivity contribution is 6.12. The molecule has 2 aliphatic rings. The van der Waals surface area contributed by atoms with Gasteiger partial charge in [0.2, 0.25) is 0 Å². The van der Waals surface area contributed by atoms with Gasteiger partial charge in [0, 0.05) is 22.9 Å². The summed E-state index contributed by atoms with van der Waals surface area (Å²) < 4.78 is 16.0. The number of dihydropyridines is 1. The van der Waals surface area contributed by atoms with Gasteiger partial charge >= 0.3 is 11.9 Å². The molecule has 172 valence electrons. The van der Waals surface area contributed by atoms with Gasteiger partial charge in [-0.05, 0) is 57.7 Å². The van der Waals surface area contributed by atoms with Crippen LogP contribution in [0.4, 0.5) is 0 Å².